The third-order valence-electron chi connectivity index (χ3n) is 2.76. The Hall–Kier alpha value is -1.13. The first-order chi connectivity index (χ1) is 8.61. The molecule has 0 aliphatic heterocycles. The van der Waals surface area contributed by atoms with Gasteiger partial charge in [0.1, 0.15) is 17.3 Å². The predicted octanol–water partition coefficient (Wildman–Crippen LogP) is 4.52. The van der Waals surface area contributed by atoms with Crippen molar-refractivity contribution in [2.75, 3.05) is 6.54 Å². The van der Waals surface area contributed by atoms with Gasteiger partial charge in [-0.3, -0.25) is 0 Å². The number of hydrogen-bond donors (Lipinski definition) is 1. The number of furan rings is 1. The van der Waals surface area contributed by atoms with E-state index in [2.05, 4.69) is 28.2 Å². The highest BCUT2D eigenvalue weighted by atomic mass is 79.9. The van der Waals surface area contributed by atoms with Crippen molar-refractivity contribution >= 4 is 15.9 Å². The Bertz CT molecular complexity index is 538. The van der Waals surface area contributed by atoms with Crippen LogP contribution in [-0.4, -0.2) is 6.54 Å². The minimum absolute atomic E-state index is 0.169. The number of nitrogens with one attached hydrogen (secondary N) is 1. The topological polar surface area (TPSA) is 25.2 Å². The normalized spacial score (nSPS) is 12.7. The number of benzene rings is 1. The lowest BCUT2D eigenvalue weighted by molar-refractivity contribution is 0.445. The van der Waals surface area contributed by atoms with Gasteiger partial charge in [-0.2, -0.15) is 0 Å². The van der Waals surface area contributed by atoms with Gasteiger partial charge in [0.15, 0.2) is 0 Å². The Balaban J connectivity index is 2.29. The van der Waals surface area contributed by atoms with E-state index in [9.17, 15) is 4.39 Å². The van der Waals surface area contributed by atoms with Crippen LogP contribution in [0.2, 0.25) is 0 Å². The summed E-state index contributed by atoms with van der Waals surface area (Å²) in [4.78, 5) is 0. The van der Waals surface area contributed by atoms with Crippen LogP contribution in [0.1, 0.15) is 25.6 Å². The van der Waals surface area contributed by atoms with Crippen molar-refractivity contribution in [1.29, 1.82) is 0 Å². The molecule has 0 saturated carbocycles. The van der Waals surface area contributed by atoms with E-state index in [4.69, 9.17) is 4.42 Å². The molecule has 1 atom stereocenters. The molecule has 1 aromatic heterocycles. The van der Waals surface area contributed by atoms with Crippen molar-refractivity contribution in [2.45, 2.75) is 19.9 Å². The van der Waals surface area contributed by atoms with Crippen LogP contribution in [0.15, 0.2) is 39.2 Å². The smallest absolute Gasteiger partial charge is 0.135 e. The molecule has 0 bridgehead atoms. The summed E-state index contributed by atoms with van der Waals surface area (Å²) in [6.45, 7) is 4.99. The molecular formula is C14H15BrFNO. The first-order valence-corrected chi connectivity index (χ1v) is 6.69. The maximum atomic E-state index is 13.0. The second-order valence-electron chi connectivity index (χ2n) is 4.11. The highest BCUT2D eigenvalue weighted by Crippen LogP contribution is 2.31. The number of halogens is 2. The fraction of sp³-hybridized carbons (Fsp3) is 0.286. The monoisotopic (exact) mass is 311 g/mol. The second-order valence-corrected chi connectivity index (χ2v) is 4.96. The fourth-order valence-electron chi connectivity index (χ4n) is 1.83. The van der Waals surface area contributed by atoms with Crippen molar-refractivity contribution in [3.63, 3.8) is 0 Å². The van der Waals surface area contributed by atoms with E-state index in [1.54, 1.807) is 6.07 Å². The molecule has 1 aromatic carbocycles. The van der Waals surface area contributed by atoms with Crippen LogP contribution in [0.4, 0.5) is 4.39 Å². The molecule has 0 aliphatic rings. The maximum absolute atomic E-state index is 13.0. The SMILES string of the molecule is CCNC(C)c1ccc(-c2ccc(F)cc2Br)o1. The van der Waals surface area contributed by atoms with Gasteiger partial charge in [-0.25, -0.2) is 4.39 Å². The molecule has 0 fully saturated rings. The van der Waals surface area contributed by atoms with Crippen LogP contribution in [0, 0.1) is 5.82 Å². The first-order valence-electron chi connectivity index (χ1n) is 5.90. The van der Waals surface area contributed by atoms with Crippen LogP contribution < -0.4 is 5.32 Å². The van der Waals surface area contributed by atoms with Crippen LogP contribution in [0.3, 0.4) is 0 Å². The van der Waals surface area contributed by atoms with E-state index < -0.39 is 0 Å². The zero-order valence-corrected chi connectivity index (χ0v) is 11.9. The molecule has 1 unspecified atom stereocenters. The van der Waals surface area contributed by atoms with Crippen molar-refractivity contribution in [2.24, 2.45) is 0 Å². The molecule has 2 nitrogen and oxygen atoms in total. The molecule has 0 radical (unpaired) electrons. The highest BCUT2D eigenvalue weighted by molar-refractivity contribution is 9.10. The van der Waals surface area contributed by atoms with Gasteiger partial charge in [0.25, 0.3) is 0 Å². The average Bonchev–Trinajstić information content (AvgIpc) is 2.78. The number of rotatable bonds is 4. The molecule has 0 saturated heterocycles. The van der Waals surface area contributed by atoms with E-state index in [0.717, 1.165) is 23.6 Å². The molecule has 1 N–H and O–H groups in total. The summed E-state index contributed by atoms with van der Waals surface area (Å²) in [5.74, 6) is 1.35. The molecule has 2 rings (SSSR count). The van der Waals surface area contributed by atoms with Crippen LogP contribution in [0.25, 0.3) is 11.3 Å². The first kappa shape index (κ1) is 13.3. The van der Waals surface area contributed by atoms with E-state index in [1.807, 2.05) is 19.1 Å². The maximum Gasteiger partial charge on any atom is 0.135 e. The van der Waals surface area contributed by atoms with Gasteiger partial charge in [-0.15, -0.1) is 0 Å². The molecule has 0 aliphatic carbocycles. The minimum Gasteiger partial charge on any atom is -0.459 e. The average molecular weight is 312 g/mol. The summed E-state index contributed by atoms with van der Waals surface area (Å²) in [6, 6.07) is 8.59. The molecular weight excluding hydrogens is 297 g/mol. The van der Waals surface area contributed by atoms with Gasteiger partial charge in [0.05, 0.1) is 6.04 Å². The van der Waals surface area contributed by atoms with Gasteiger partial charge in [0, 0.05) is 10.0 Å². The zero-order valence-electron chi connectivity index (χ0n) is 10.3. The van der Waals surface area contributed by atoms with Crippen molar-refractivity contribution in [1.82, 2.24) is 5.32 Å². The van der Waals surface area contributed by atoms with E-state index >= 15 is 0 Å². The van der Waals surface area contributed by atoms with Gasteiger partial charge in [0.2, 0.25) is 0 Å². The van der Waals surface area contributed by atoms with Gasteiger partial charge in [-0.1, -0.05) is 6.92 Å². The molecule has 1 heterocycles. The van der Waals surface area contributed by atoms with E-state index in [0.29, 0.717) is 4.47 Å². The standard InChI is InChI=1S/C14H15BrFNO/c1-3-17-9(2)13-6-7-14(18-13)11-5-4-10(16)8-12(11)15/h4-9,17H,3H2,1-2H3. The Morgan fingerprint density at radius 1 is 1.33 bits per heavy atom. The second kappa shape index (κ2) is 5.67. The van der Waals surface area contributed by atoms with Crippen LogP contribution in [0.5, 0.6) is 0 Å². The summed E-state index contributed by atoms with van der Waals surface area (Å²) >= 11 is 3.35. The third-order valence-corrected chi connectivity index (χ3v) is 3.42. The Morgan fingerprint density at radius 2 is 2.11 bits per heavy atom. The quantitative estimate of drug-likeness (QED) is 0.898. The minimum atomic E-state index is -0.265. The van der Waals surface area contributed by atoms with Crippen molar-refractivity contribution < 1.29 is 8.81 Å². The number of hydrogen-bond acceptors (Lipinski definition) is 2. The molecule has 96 valence electrons. The lowest BCUT2D eigenvalue weighted by Gasteiger charge is -2.08. The van der Waals surface area contributed by atoms with E-state index in [-0.39, 0.29) is 11.9 Å². The lowest BCUT2D eigenvalue weighted by Crippen LogP contribution is -2.16. The molecule has 0 amide bonds. The third kappa shape index (κ3) is 2.82. The molecule has 18 heavy (non-hydrogen) atoms. The lowest BCUT2D eigenvalue weighted by atomic mass is 10.2. The Morgan fingerprint density at radius 3 is 2.78 bits per heavy atom. The van der Waals surface area contributed by atoms with Crippen LogP contribution >= 0.6 is 15.9 Å². The summed E-state index contributed by atoms with van der Waals surface area (Å²) in [5.41, 5.74) is 0.853. The molecule has 2 aromatic rings. The summed E-state index contributed by atoms with van der Waals surface area (Å²) in [5, 5.41) is 3.28. The molecule has 0 spiro atoms. The van der Waals surface area contributed by atoms with E-state index in [1.165, 1.54) is 12.1 Å². The summed E-state index contributed by atoms with van der Waals surface area (Å²) < 4.78 is 19.5. The van der Waals surface area contributed by atoms with Crippen molar-refractivity contribution in [3.05, 3.63) is 46.4 Å². The largest absolute Gasteiger partial charge is 0.459 e. The van der Waals surface area contributed by atoms with Gasteiger partial charge < -0.3 is 9.73 Å². The van der Waals surface area contributed by atoms with Crippen molar-refractivity contribution in [3.8, 4) is 11.3 Å². The zero-order chi connectivity index (χ0) is 13.1. The molecule has 4 heteroatoms. The Kier molecular flexibility index (Phi) is 4.19. The van der Waals surface area contributed by atoms with Crippen LogP contribution in [-0.2, 0) is 0 Å². The fourth-order valence-corrected chi connectivity index (χ4v) is 2.37. The highest BCUT2D eigenvalue weighted by Gasteiger charge is 2.12. The predicted molar refractivity (Wildman–Crippen MR) is 73.9 cm³/mol. The van der Waals surface area contributed by atoms with Gasteiger partial charge >= 0.3 is 0 Å². The summed E-state index contributed by atoms with van der Waals surface area (Å²) in [7, 11) is 0. The van der Waals surface area contributed by atoms with Gasteiger partial charge in [-0.05, 0) is 59.7 Å². The summed E-state index contributed by atoms with van der Waals surface area (Å²) in [6.07, 6.45) is 0. The Labute approximate surface area is 114 Å².